The van der Waals surface area contributed by atoms with Crippen molar-refractivity contribution in [3.8, 4) is 0 Å². The maximum atomic E-state index is 13.3. The Morgan fingerprint density at radius 1 is 1.23 bits per heavy atom. The lowest BCUT2D eigenvalue weighted by molar-refractivity contribution is -0.385. The van der Waals surface area contributed by atoms with Crippen LogP contribution in [0.5, 0.6) is 0 Å². The van der Waals surface area contributed by atoms with Crippen LogP contribution in [-0.2, 0) is 10.0 Å². The number of halogens is 2. The molecule has 0 bridgehead atoms. The van der Waals surface area contributed by atoms with Crippen LogP contribution >= 0.6 is 31.9 Å². The smallest absolute Gasteiger partial charge is 0.271 e. The zero-order valence-electron chi connectivity index (χ0n) is 14.5. The molecule has 1 heterocycles. The van der Waals surface area contributed by atoms with Crippen LogP contribution in [0, 0.1) is 17.0 Å². The first kappa shape index (κ1) is 21.5. The van der Waals surface area contributed by atoms with Gasteiger partial charge in [0.05, 0.1) is 10.6 Å². The average Bonchev–Trinajstić information content (AvgIpc) is 2.61. The second-order valence-corrected chi connectivity index (χ2v) is 9.38. The molecule has 0 aromatic heterocycles. The van der Waals surface area contributed by atoms with Gasteiger partial charge < -0.3 is 10.2 Å². The molecular formula is C15H22Br2N4O4S. The van der Waals surface area contributed by atoms with E-state index in [-0.39, 0.29) is 10.6 Å². The van der Waals surface area contributed by atoms with Crippen LogP contribution in [0.4, 0.5) is 11.4 Å². The fourth-order valence-corrected chi connectivity index (χ4v) is 5.60. The molecule has 26 heavy (non-hydrogen) atoms. The topological polar surface area (TPSA) is 95.8 Å². The number of rotatable bonds is 8. The fraction of sp³-hybridized carbons (Fsp3) is 0.600. The summed E-state index contributed by atoms with van der Waals surface area (Å²) in [6.07, 6.45) is 0. The summed E-state index contributed by atoms with van der Waals surface area (Å²) in [4.78, 5) is 12.7. The largest absolute Gasteiger partial charge is 0.369 e. The highest BCUT2D eigenvalue weighted by Gasteiger charge is 2.32. The molecule has 1 aliphatic heterocycles. The summed E-state index contributed by atoms with van der Waals surface area (Å²) in [5.41, 5.74) is 0.903. The molecule has 1 aromatic carbocycles. The second kappa shape index (κ2) is 9.45. The van der Waals surface area contributed by atoms with Crippen LogP contribution in [0.1, 0.15) is 5.56 Å². The molecule has 0 saturated carbocycles. The number of alkyl halides is 2. The predicted molar refractivity (Wildman–Crippen MR) is 109 cm³/mol. The molecule has 1 saturated heterocycles. The number of non-ortho nitro benzene ring substituents is 1. The van der Waals surface area contributed by atoms with Gasteiger partial charge in [-0.1, -0.05) is 31.9 Å². The first-order valence-corrected chi connectivity index (χ1v) is 11.9. The number of nitro benzene ring substituents is 1. The minimum atomic E-state index is -3.84. The average molecular weight is 514 g/mol. The van der Waals surface area contributed by atoms with E-state index in [0.717, 1.165) is 0 Å². The molecule has 0 atom stereocenters. The third kappa shape index (κ3) is 4.75. The molecule has 1 N–H and O–H groups in total. The van der Waals surface area contributed by atoms with Crippen molar-refractivity contribution in [3.63, 3.8) is 0 Å². The van der Waals surface area contributed by atoms with Crippen LogP contribution in [-0.4, -0.2) is 67.6 Å². The summed E-state index contributed by atoms with van der Waals surface area (Å²) >= 11 is 6.80. The fourth-order valence-electron chi connectivity index (χ4n) is 3.00. The van der Waals surface area contributed by atoms with E-state index in [0.29, 0.717) is 61.2 Å². The Labute approximate surface area is 170 Å². The lowest BCUT2D eigenvalue weighted by Crippen LogP contribution is -2.46. The van der Waals surface area contributed by atoms with Gasteiger partial charge in [0, 0.05) is 62.1 Å². The van der Waals surface area contributed by atoms with Gasteiger partial charge in [-0.15, -0.1) is 0 Å². The van der Waals surface area contributed by atoms with Crippen LogP contribution in [0.2, 0.25) is 0 Å². The van der Waals surface area contributed by atoms with Crippen LogP contribution in [0.15, 0.2) is 17.0 Å². The molecule has 1 aliphatic rings. The number of anilines is 1. The van der Waals surface area contributed by atoms with E-state index in [1.165, 1.54) is 16.4 Å². The number of nitro groups is 1. The van der Waals surface area contributed by atoms with Crippen molar-refractivity contribution < 1.29 is 13.3 Å². The van der Waals surface area contributed by atoms with E-state index in [4.69, 9.17) is 0 Å². The van der Waals surface area contributed by atoms with Crippen molar-refractivity contribution >= 4 is 53.3 Å². The predicted octanol–water partition coefficient (Wildman–Crippen LogP) is 2.09. The molecule has 2 rings (SSSR count). The minimum absolute atomic E-state index is 0.00741. The van der Waals surface area contributed by atoms with Crippen molar-refractivity contribution in [1.82, 2.24) is 9.62 Å². The van der Waals surface area contributed by atoms with Gasteiger partial charge in [0.1, 0.15) is 4.90 Å². The van der Waals surface area contributed by atoms with Gasteiger partial charge in [-0.3, -0.25) is 10.1 Å². The van der Waals surface area contributed by atoms with Crippen LogP contribution in [0.3, 0.4) is 0 Å². The van der Waals surface area contributed by atoms with E-state index >= 15 is 0 Å². The van der Waals surface area contributed by atoms with E-state index in [2.05, 4.69) is 37.2 Å². The minimum Gasteiger partial charge on any atom is -0.369 e. The summed E-state index contributed by atoms with van der Waals surface area (Å²) in [7, 11) is -3.84. The Morgan fingerprint density at radius 2 is 1.81 bits per heavy atom. The molecule has 8 nitrogen and oxygen atoms in total. The number of nitrogens with zero attached hydrogens (tertiary/aromatic N) is 3. The Balaban J connectivity index is 2.64. The lowest BCUT2D eigenvalue weighted by atomic mass is 10.1. The van der Waals surface area contributed by atoms with Gasteiger partial charge in [0.2, 0.25) is 10.0 Å². The second-order valence-electron chi connectivity index (χ2n) is 5.89. The van der Waals surface area contributed by atoms with Crippen molar-refractivity contribution in [2.75, 3.05) is 54.8 Å². The standard InChI is InChI=1S/C15H22Br2N4O4S/c1-12-10-13(21(22)23)11-14(15(12)19(6-2-16)7-3-17)26(24,25)20-8-4-18-5-9-20/h10-11,18H,2-9H2,1H3. The molecule has 0 unspecified atom stereocenters. The first-order valence-electron chi connectivity index (χ1n) is 8.19. The van der Waals surface area contributed by atoms with Gasteiger partial charge in [-0.25, -0.2) is 8.42 Å². The van der Waals surface area contributed by atoms with Gasteiger partial charge >= 0.3 is 0 Å². The summed E-state index contributed by atoms with van der Waals surface area (Å²) in [5, 5.41) is 15.7. The number of aryl methyl sites for hydroxylation is 1. The Kier molecular flexibility index (Phi) is 7.83. The molecular weight excluding hydrogens is 492 g/mol. The molecule has 1 aromatic rings. The SMILES string of the molecule is Cc1cc([N+](=O)[O-])cc(S(=O)(=O)N2CCNCC2)c1N(CCBr)CCBr. The number of sulfonamides is 1. The van der Waals surface area contributed by atoms with Crippen molar-refractivity contribution in [2.24, 2.45) is 0 Å². The van der Waals surface area contributed by atoms with E-state index in [1.807, 2.05) is 4.90 Å². The van der Waals surface area contributed by atoms with E-state index in [1.54, 1.807) is 6.92 Å². The van der Waals surface area contributed by atoms with Crippen molar-refractivity contribution in [1.29, 1.82) is 0 Å². The van der Waals surface area contributed by atoms with Gasteiger partial charge in [0.15, 0.2) is 0 Å². The van der Waals surface area contributed by atoms with Gasteiger partial charge in [-0.2, -0.15) is 4.31 Å². The highest BCUT2D eigenvalue weighted by Crippen LogP contribution is 2.35. The highest BCUT2D eigenvalue weighted by molar-refractivity contribution is 9.09. The molecule has 1 fully saturated rings. The molecule has 146 valence electrons. The Morgan fingerprint density at radius 3 is 2.31 bits per heavy atom. The zero-order valence-corrected chi connectivity index (χ0v) is 18.4. The molecule has 0 aliphatic carbocycles. The van der Waals surface area contributed by atoms with E-state index in [9.17, 15) is 18.5 Å². The summed E-state index contributed by atoms with van der Waals surface area (Å²) in [6.45, 7) is 4.72. The quantitative estimate of drug-likeness (QED) is 0.325. The molecule has 0 radical (unpaired) electrons. The highest BCUT2D eigenvalue weighted by atomic mass is 79.9. The lowest BCUT2D eigenvalue weighted by Gasteiger charge is -2.31. The maximum absolute atomic E-state index is 13.3. The molecule has 11 heteroatoms. The number of nitrogens with one attached hydrogen (secondary N) is 1. The van der Waals surface area contributed by atoms with Crippen molar-refractivity contribution in [2.45, 2.75) is 11.8 Å². The molecule has 0 amide bonds. The van der Waals surface area contributed by atoms with E-state index < -0.39 is 14.9 Å². The Bertz CT molecular complexity index is 748. The van der Waals surface area contributed by atoms with Gasteiger partial charge in [-0.05, 0) is 12.5 Å². The first-order chi connectivity index (χ1) is 12.3. The Hall–Kier alpha value is -0.750. The van der Waals surface area contributed by atoms with Gasteiger partial charge in [0.25, 0.3) is 5.69 Å². The zero-order chi connectivity index (χ0) is 19.3. The van der Waals surface area contributed by atoms with Crippen LogP contribution in [0.25, 0.3) is 0 Å². The van der Waals surface area contributed by atoms with Crippen molar-refractivity contribution in [3.05, 3.63) is 27.8 Å². The normalized spacial score (nSPS) is 15.8. The summed E-state index contributed by atoms with van der Waals surface area (Å²) < 4.78 is 27.9. The molecule has 0 spiro atoms. The third-order valence-electron chi connectivity index (χ3n) is 4.18. The monoisotopic (exact) mass is 512 g/mol. The number of piperazine rings is 1. The number of benzene rings is 1. The van der Waals surface area contributed by atoms with Crippen LogP contribution < -0.4 is 10.2 Å². The summed E-state index contributed by atoms with van der Waals surface area (Å²) in [6, 6.07) is 2.62. The third-order valence-corrected chi connectivity index (χ3v) is 6.80. The number of hydrogen-bond donors (Lipinski definition) is 1. The number of hydrogen-bond acceptors (Lipinski definition) is 6. The summed E-state index contributed by atoms with van der Waals surface area (Å²) in [5.74, 6) is 0. The maximum Gasteiger partial charge on any atom is 0.271 e.